The first-order chi connectivity index (χ1) is 18.0. The minimum absolute atomic E-state index is 0.218. The van der Waals surface area contributed by atoms with E-state index in [1.54, 1.807) is 43.3 Å². The SMILES string of the molecule is Cc1ccc(NC(=O)COc2ccc(Br)cc2/C=C2\C(=O)NC(=O)N(c3ccc(C)c(Cl)c3)C2=O)cc1C. The lowest BCUT2D eigenvalue weighted by Gasteiger charge is -2.26. The molecule has 1 aliphatic rings. The number of barbiturate groups is 1. The smallest absolute Gasteiger partial charge is 0.335 e. The fourth-order valence-electron chi connectivity index (χ4n) is 3.69. The predicted molar refractivity (Wildman–Crippen MR) is 149 cm³/mol. The number of ether oxygens (including phenoxy) is 1. The molecular weight excluding hydrogens is 574 g/mol. The molecular formula is C28H23BrClN3O5. The van der Waals surface area contributed by atoms with Gasteiger partial charge in [-0.05, 0) is 86.0 Å². The van der Waals surface area contributed by atoms with Gasteiger partial charge in [-0.2, -0.15) is 0 Å². The summed E-state index contributed by atoms with van der Waals surface area (Å²) in [5.41, 5.74) is 3.85. The van der Waals surface area contributed by atoms with Crippen LogP contribution in [-0.4, -0.2) is 30.4 Å². The third-order valence-electron chi connectivity index (χ3n) is 5.94. The summed E-state index contributed by atoms with van der Waals surface area (Å²) in [5, 5.41) is 5.33. The highest BCUT2D eigenvalue weighted by atomic mass is 79.9. The van der Waals surface area contributed by atoms with Crippen molar-refractivity contribution in [3.63, 3.8) is 0 Å². The molecule has 4 rings (SSSR count). The van der Waals surface area contributed by atoms with Gasteiger partial charge >= 0.3 is 6.03 Å². The molecule has 0 saturated carbocycles. The first-order valence-corrected chi connectivity index (χ1v) is 12.7. The average molecular weight is 597 g/mol. The molecule has 0 unspecified atom stereocenters. The van der Waals surface area contributed by atoms with E-state index in [4.69, 9.17) is 16.3 Å². The Morgan fingerprint density at radius 1 is 1.00 bits per heavy atom. The molecule has 0 bridgehead atoms. The van der Waals surface area contributed by atoms with Gasteiger partial charge in [0.1, 0.15) is 11.3 Å². The summed E-state index contributed by atoms with van der Waals surface area (Å²) in [6.45, 7) is 5.41. The number of hydrogen-bond donors (Lipinski definition) is 2. The summed E-state index contributed by atoms with van der Waals surface area (Å²) >= 11 is 9.55. The van der Waals surface area contributed by atoms with Gasteiger partial charge in [-0.25, -0.2) is 9.69 Å². The molecule has 0 radical (unpaired) electrons. The molecule has 194 valence electrons. The Bertz CT molecular complexity index is 1520. The van der Waals surface area contributed by atoms with E-state index < -0.39 is 17.8 Å². The number of carbonyl (C=O) groups excluding carboxylic acids is 4. The Kier molecular flexibility index (Phi) is 7.99. The summed E-state index contributed by atoms with van der Waals surface area (Å²) in [7, 11) is 0. The van der Waals surface area contributed by atoms with E-state index in [1.807, 2.05) is 26.0 Å². The van der Waals surface area contributed by atoms with Crippen LogP contribution in [0, 0.1) is 20.8 Å². The van der Waals surface area contributed by atoms with Crippen LogP contribution in [0.3, 0.4) is 0 Å². The lowest BCUT2D eigenvalue weighted by molar-refractivity contribution is -0.122. The second-order valence-corrected chi connectivity index (χ2v) is 10.0. The van der Waals surface area contributed by atoms with Crippen LogP contribution in [-0.2, 0) is 14.4 Å². The summed E-state index contributed by atoms with van der Waals surface area (Å²) < 4.78 is 6.39. The zero-order valence-corrected chi connectivity index (χ0v) is 23.1. The first kappa shape index (κ1) is 27.1. The summed E-state index contributed by atoms with van der Waals surface area (Å²) in [6.07, 6.45) is 1.31. The van der Waals surface area contributed by atoms with E-state index in [-0.39, 0.29) is 29.5 Å². The minimum atomic E-state index is -0.884. The van der Waals surface area contributed by atoms with Crippen molar-refractivity contribution in [1.29, 1.82) is 0 Å². The molecule has 0 aliphatic carbocycles. The Morgan fingerprint density at radius 3 is 2.45 bits per heavy atom. The molecule has 1 saturated heterocycles. The summed E-state index contributed by atoms with van der Waals surface area (Å²) in [6, 6.07) is 14.3. The number of hydrogen-bond acceptors (Lipinski definition) is 5. The van der Waals surface area contributed by atoms with Crippen LogP contribution in [0.4, 0.5) is 16.2 Å². The van der Waals surface area contributed by atoms with Crippen LogP contribution in [0.1, 0.15) is 22.3 Å². The quantitative estimate of drug-likeness (QED) is 0.280. The maximum Gasteiger partial charge on any atom is 0.335 e. The maximum absolute atomic E-state index is 13.3. The van der Waals surface area contributed by atoms with E-state index in [0.717, 1.165) is 21.6 Å². The van der Waals surface area contributed by atoms with E-state index in [0.29, 0.717) is 20.7 Å². The van der Waals surface area contributed by atoms with E-state index in [2.05, 4.69) is 26.6 Å². The number of benzene rings is 3. The number of amides is 5. The lowest BCUT2D eigenvalue weighted by atomic mass is 10.1. The Balaban J connectivity index is 1.58. The monoisotopic (exact) mass is 595 g/mol. The van der Waals surface area contributed by atoms with E-state index in [1.165, 1.54) is 12.1 Å². The summed E-state index contributed by atoms with van der Waals surface area (Å²) in [5.74, 6) is -1.79. The highest BCUT2D eigenvalue weighted by Crippen LogP contribution is 2.29. The topological polar surface area (TPSA) is 105 Å². The van der Waals surface area contributed by atoms with Gasteiger partial charge in [0.15, 0.2) is 6.61 Å². The fourth-order valence-corrected chi connectivity index (χ4v) is 4.24. The van der Waals surface area contributed by atoms with Gasteiger partial charge in [0.2, 0.25) is 0 Å². The largest absolute Gasteiger partial charge is 0.483 e. The number of aryl methyl sites for hydroxylation is 3. The molecule has 0 atom stereocenters. The van der Waals surface area contributed by atoms with Crippen LogP contribution in [0.15, 0.2) is 64.6 Å². The predicted octanol–water partition coefficient (Wildman–Crippen LogP) is 5.71. The van der Waals surface area contributed by atoms with Crippen molar-refractivity contribution < 1.29 is 23.9 Å². The molecule has 10 heteroatoms. The third kappa shape index (κ3) is 5.95. The molecule has 3 aromatic rings. The lowest BCUT2D eigenvalue weighted by Crippen LogP contribution is -2.54. The highest BCUT2D eigenvalue weighted by Gasteiger charge is 2.37. The maximum atomic E-state index is 13.3. The van der Waals surface area contributed by atoms with Crippen LogP contribution < -0.4 is 20.3 Å². The van der Waals surface area contributed by atoms with Gasteiger partial charge in [0.05, 0.1) is 5.69 Å². The molecule has 38 heavy (non-hydrogen) atoms. The van der Waals surface area contributed by atoms with Crippen molar-refractivity contribution in [1.82, 2.24) is 5.32 Å². The number of anilines is 2. The molecule has 0 spiro atoms. The van der Waals surface area contributed by atoms with Gasteiger partial charge in [-0.3, -0.25) is 19.7 Å². The van der Waals surface area contributed by atoms with Crippen molar-refractivity contribution >= 4 is 68.7 Å². The first-order valence-electron chi connectivity index (χ1n) is 11.5. The molecule has 3 aromatic carbocycles. The van der Waals surface area contributed by atoms with Crippen LogP contribution in [0.2, 0.25) is 5.02 Å². The summed E-state index contributed by atoms with van der Waals surface area (Å²) in [4.78, 5) is 51.8. The minimum Gasteiger partial charge on any atom is -0.483 e. The number of urea groups is 1. The van der Waals surface area contributed by atoms with Crippen LogP contribution >= 0.6 is 27.5 Å². The molecule has 1 aliphatic heterocycles. The van der Waals surface area contributed by atoms with Gasteiger partial charge in [0.25, 0.3) is 17.7 Å². The second kappa shape index (κ2) is 11.2. The number of nitrogens with zero attached hydrogens (tertiary/aromatic N) is 1. The average Bonchev–Trinajstić information content (AvgIpc) is 2.85. The highest BCUT2D eigenvalue weighted by molar-refractivity contribution is 9.10. The Morgan fingerprint density at radius 2 is 1.74 bits per heavy atom. The molecule has 1 heterocycles. The molecule has 1 fully saturated rings. The standard InChI is InChI=1S/C28H23BrClN3O5/c1-15-4-7-20(10-17(15)3)31-25(34)14-38-24-9-6-19(29)11-18(24)12-22-26(35)32-28(37)33(27(22)36)21-8-5-16(2)23(30)13-21/h4-13H,14H2,1-3H3,(H,31,34)(H,32,35,37)/b22-12+. The van der Waals surface area contributed by atoms with Gasteiger partial charge in [-0.15, -0.1) is 0 Å². The third-order valence-corrected chi connectivity index (χ3v) is 6.84. The van der Waals surface area contributed by atoms with Crippen molar-refractivity contribution in [2.45, 2.75) is 20.8 Å². The van der Waals surface area contributed by atoms with Crippen molar-refractivity contribution in [2.75, 3.05) is 16.8 Å². The van der Waals surface area contributed by atoms with Gasteiger partial charge in [-0.1, -0.05) is 39.7 Å². The van der Waals surface area contributed by atoms with E-state index >= 15 is 0 Å². The zero-order valence-electron chi connectivity index (χ0n) is 20.7. The van der Waals surface area contributed by atoms with Crippen molar-refractivity contribution in [2.24, 2.45) is 0 Å². The molecule has 2 N–H and O–H groups in total. The van der Waals surface area contributed by atoms with Gasteiger partial charge in [0, 0.05) is 20.7 Å². The molecule has 0 aromatic heterocycles. The van der Waals surface area contributed by atoms with Crippen LogP contribution in [0.5, 0.6) is 5.75 Å². The molecule has 5 amide bonds. The second-order valence-electron chi connectivity index (χ2n) is 8.71. The molecule has 8 nitrogen and oxygen atoms in total. The van der Waals surface area contributed by atoms with Crippen LogP contribution in [0.25, 0.3) is 6.08 Å². The number of rotatable bonds is 6. The number of nitrogens with one attached hydrogen (secondary N) is 2. The zero-order chi connectivity index (χ0) is 27.6. The van der Waals surface area contributed by atoms with Gasteiger partial charge < -0.3 is 10.1 Å². The Hall–Kier alpha value is -3.95. The normalized spacial score (nSPS) is 14.5. The van der Waals surface area contributed by atoms with Crippen molar-refractivity contribution in [3.05, 3.63) is 91.9 Å². The number of halogens is 2. The Labute approximate surface area is 232 Å². The number of carbonyl (C=O) groups is 4. The van der Waals surface area contributed by atoms with Crippen molar-refractivity contribution in [3.8, 4) is 5.75 Å². The van der Waals surface area contributed by atoms with E-state index in [9.17, 15) is 19.2 Å². The number of imide groups is 2. The fraction of sp³-hybridized carbons (Fsp3) is 0.143.